The highest BCUT2D eigenvalue weighted by atomic mass is 16.3. The van der Waals surface area contributed by atoms with Crippen LogP contribution in [0, 0.1) is 0 Å². The number of aromatic hydroxyl groups is 2. The van der Waals surface area contributed by atoms with Crippen LogP contribution in [-0.4, -0.2) is 10.2 Å². The third-order valence-corrected chi connectivity index (χ3v) is 4.21. The molecule has 0 aliphatic rings. The predicted molar refractivity (Wildman–Crippen MR) is 108 cm³/mol. The van der Waals surface area contributed by atoms with Crippen molar-refractivity contribution in [2.45, 2.75) is 70.6 Å². The highest BCUT2D eigenvalue weighted by Gasteiger charge is 1.99. The molecule has 1 aromatic carbocycles. The molecule has 0 aliphatic carbocycles. The summed E-state index contributed by atoms with van der Waals surface area (Å²) in [6.45, 7) is 3.72. The second-order valence-electron chi connectivity index (χ2n) is 6.59. The number of benzene rings is 1. The van der Waals surface area contributed by atoms with Gasteiger partial charge in [-0.1, -0.05) is 56.1 Å². The molecule has 0 spiro atoms. The van der Waals surface area contributed by atoms with Crippen LogP contribution in [0.15, 0.2) is 55.2 Å². The van der Waals surface area contributed by atoms with Gasteiger partial charge in [0.1, 0.15) is 11.5 Å². The van der Waals surface area contributed by atoms with Gasteiger partial charge in [-0.3, -0.25) is 0 Å². The van der Waals surface area contributed by atoms with Crippen molar-refractivity contribution in [2.24, 2.45) is 0 Å². The maximum atomic E-state index is 9.45. The largest absolute Gasteiger partial charge is 0.508 e. The molecule has 138 valence electrons. The van der Waals surface area contributed by atoms with Crippen molar-refractivity contribution in [1.82, 2.24) is 0 Å². The lowest BCUT2D eigenvalue weighted by molar-refractivity contribution is 0.449. The molecule has 0 radical (unpaired) electrons. The van der Waals surface area contributed by atoms with Gasteiger partial charge in [-0.2, -0.15) is 0 Å². The molecule has 1 aromatic rings. The number of unbranched alkanes of at least 4 members (excludes halogenated alkanes) is 8. The fourth-order valence-corrected chi connectivity index (χ4v) is 2.83. The molecular weight excluding hydrogens is 308 g/mol. The van der Waals surface area contributed by atoms with Gasteiger partial charge in [0.2, 0.25) is 0 Å². The maximum absolute atomic E-state index is 9.45. The number of rotatable bonds is 14. The van der Waals surface area contributed by atoms with Crippen molar-refractivity contribution in [2.75, 3.05) is 0 Å². The minimum Gasteiger partial charge on any atom is -0.508 e. The zero-order valence-corrected chi connectivity index (χ0v) is 15.5. The number of phenolic OH excluding ortho intramolecular Hbond substituents is 2. The van der Waals surface area contributed by atoms with Crippen LogP contribution in [0.2, 0.25) is 0 Å². The molecule has 2 nitrogen and oxygen atoms in total. The first kappa shape index (κ1) is 21.1. The summed E-state index contributed by atoms with van der Waals surface area (Å²) in [6.07, 6.45) is 23.7. The van der Waals surface area contributed by atoms with Gasteiger partial charge >= 0.3 is 0 Å². The number of allylic oxidation sites excluding steroid dienone is 5. The second kappa shape index (κ2) is 14.4. The molecule has 0 fully saturated rings. The van der Waals surface area contributed by atoms with Gasteiger partial charge in [0.05, 0.1) is 0 Å². The van der Waals surface area contributed by atoms with Crippen LogP contribution in [-0.2, 0) is 6.42 Å². The average Bonchev–Trinajstić information content (AvgIpc) is 2.57. The summed E-state index contributed by atoms with van der Waals surface area (Å²) in [6, 6.07) is 4.84. The van der Waals surface area contributed by atoms with Crippen LogP contribution in [0.3, 0.4) is 0 Å². The molecule has 0 bridgehead atoms. The van der Waals surface area contributed by atoms with Gasteiger partial charge in [0.25, 0.3) is 0 Å². The Morgan fingerprint density at radius 3 is 1.88 bits per heavy atom. The normalized spacial score (nSPS) is 11.5. The molecule has 0 unspecified atom stereocenters. The van der Waals surface area contributed by atoms with E-state index in [1.807, 2.05) is 6.08 Å². The van der Waals surface area contributed by atoms with Crippen LogP contribution >= 0.6 is 0 Å². The Bertz CT molecular complexity index is 509. The number of aryl methyl sites for hydroxylation is 1. The van der Waals surface area contributed by atoms with E-state index in [2.05, 4.69) is 30.9 Å². The summed E-state index contributed by atoms with van der Waals surface area (Å²) in [5.41, 5.74) is 1.01. The minimum absolute atomic E-state index is 0.148. The van der Waals surface area contributed by atoms with Crippen LogP contribution in [0.4, 0.5) is 0 Å². The Hall–Kier alpha value is -1.96. The van der Waals surface area contributed by atoms with E-state index in [9.17, 15) is 10.2 Å². The molecule has 0 saturated carbocycles. The third kappa shape index (κ3) is 12.1. The molecule has 1 rings (SSSR count). The van der Waals surface area contributed by atoms with Gasteiger partial charge in [0, 0.05) is 6.07 Å². The summed E-state index contributed by atoms with van der Waals surface area (Å²) in [5.74, 6) is 0.296. The molecule has 0 atom stereocenters. The van der Waals surface area contributed by atoms with Gasteiger partial charge in [-0.15, -0.1) is 6.58 Å². The van der Waals surface area contributed by atoms with Crippen molar-refractivity contribution in [1.29, 1.82) is 0 Å². The first-order chi connectivity index (χ1) is 12.2. The van der Waals surface area contributed by atoms with Crippen molar-refractivity contribution in [3.63, 3.8) is 0 Å². The van der Waals surface area contributed by atoms with Gasteiger partial charge in [-0.05, 0) is 62.6 Å². The van der Waals surface area contributed by atoms with Crippen LogP contribution in [0.25, 0.3) is 0 Å². The fourth-order valence-electron chi connectivity index (χ4n) is 2.83. The molecule has 25 heavy (non-hydrogen) atoms. The summed E-state index contributed by atoms with van der Waals surface area (Å²) in [7, 11) is 0. The van der Waals surface area contributed by atoms with Crippen molar-refractivity contribution in [3.8, 4) is 11.5 Å². The lowest BCUT2D eigenvalue weighted by Gasteiger charge is -2.04. The first-order valence-corrected chi connectivity index (χ1v) is 9.67. The number of phenols is 2. The van der Waals surface area contributed by atoms with Crippen LogP contribution in [0.5, 0.6) is 11.5 Å². The summed E-state index contributed by atoms with van der Waals surface area (Å²) in [5, 5.41) is 18.9. The average molecular weight is 343 g/mol. The van der Waals surface area contributed by atoms with Crippen LogP contribution in [0.1, 0.15) is 69.8 Å². The zero-order valence-electron chi connectivity index (χ0n) is 15.5. The van der Waals surface area contributed by atoms with Gasteiger partial charge in [0.15, 0.2) is 0 Å². The van der Waals surface area contributed by atoms with Gasteiger partial charge in [-0.25, -0.2) is 0 Å². The van der Waals surface area contributed by atoms with Crippen molar-refractivity contribution in [3.05, 3.63) is 60.7 Å². The van der Waals surface area contributed by atoms with E-state index in [4.69, 9.17) is 0 Å². The van der Waals surface area contributed by atoms with E-state index >= 15 is 0 Å². The number of hydrogen-bond acceptors (Lipinski definition) is 2. The smallest absolute Gasteiger partial charge is 0.119 e. The zero-order chi connectivity index (χ0) is 18.2. The minimum atomic E-state index is 0.148. The Balaban J connectivity index is 1.92. The van der Waals surface area contributed by atoms with E-state index in [-0.39, 0.29) is 11.5 Å². The molecule has 2 N–H and O–H groups in total. The van der Waals surface area contributed by atoms with Crippen LogP contribution < -0.4 is 0 Å². The third-order valence-electron chi connectivity index (χ3n) is 4.21. The Morgan fingerprint density at radius 2 is 1.24 bits per heavy atom. The molecule has 0 saturated heterocycles. The maximum Gasteiger partial charge on any atom is 0.119 e. The van der Waals surface area contributed by atoms with Crippen molar-refractivity contribution < 1.29 is 10.2 Å². The lowest BCUT2D eigenvalue weighted by Crippen LogP contribution is -1.86. The van der Waals surface area contributed by atoms with E-state index in [0.717, 1.165) is 31.2 Å². The molecule has 2 heteroatoms. The van der Waals surface area contributed by atoms with Crippen molar-refractivity contribution >= 4 is 0 Å². The molecule has 0 aliphatic heterocycles. The van der Waals surface area contributed by atoms with E-state index in [1.165, 1.54) is 51.0 Å². The Labute approximate surface area is 153 Å². The second-order valence-corrected chi connectivity index (χ2v) is 6.59. The standard InChI is InChI=1S/C23H34O2/c1-2-3-4-5-6-7-8-9-10-11-12-13-14-15-16-17-21-18-22(24)20-23(25)19-21/h2,6-9,18-20,24-25H,1,3-5,10-17H2/b7-6-,9-8+. The fraction of sp³-hybridized carbons (Fsp3) is 0.478. The molecule has 0 aromatic heterocycles. The highest BCUT2D eigenvalue weighted by Crippen LogP contribution is 2.22. The molecule has 0 heterocycles. The first-order valence-electron chi connectivity index (χ1n) is 9.67. The van der Waals surface area contributed by atoms with E-state index in [0.29, 0.717) is 0 Å². The topological polar surface area (TPSA) is 40.5 Å². The summed E-state index contributed by atoms with van der Waals surface area (Å²) in [4.78, 5) is 0. The molecule has 0 amide bonds. The van der Waals surface area contributed by atoms with Gasteiger partial charge < -0.3 is 10.2 Å². The summed E-state index contributed by atoms with van der Waals surface area (Å²) < 4.78 is 0. The predicted octanol–water partition coefficient (Wildman–Crippen LogP) is 6.84. The lowest BCUT2D eigenvalue weighted by atomic mass is 10.0. The molecular formula is C23H34O2. The van der Waals surface area contributed by atoms with E-state index in [1.54, 1.807) is 12.1 Å². The number of hydrogen-bond donors (Lipinski definition) is 2. The monoisotopic (exact) mass is 342 g/mol. The Morgan fingerprint density at radius 1 is 0.680 bits per heavy atom. The quantitative estimate of drug-likeness (QED) is 0.221. The Kier molecular flexibility index (Phi) is 12.1. The highest BCUT2D eigenvalue weighted by molar-refractivity contribution is 5.36. The summed E-state index contributed by atoms with van der Waals surface area (Å²) >= 11 is 0. The van der Waals surface area contributed by atoms with E-state index < -0.39 is 0 Å². The SMILES string of the molecule is C=CCCC/C=C\C=C\CCCCCCCCc1cc(O)cc(O)c1.